The Kier molecular flexibility index (Phi) is 4.39. The van der Waals surface area contributed by atoms with Gasteiger partial charge in [-0.1, -0.05) is 71.8 Å². The summed E-state index contributed by atoms with van der Waals surface area (Å²) in [5.41, 5.74) is 2.29. The zero-order chi connectivity index (χ0) is 13.0. The summed E-state index contributed by atoms with van der Waals surface area (Å²) in [6.45, 7) is 2.19. The Hall–Kier alpha value is -0.890. The van der Waals surface area contributed by atoms with Gasteiger partial charge in [0.1, 0.15) is 10.5 Å². The second-order valence-corrected chi connectivity index (χ2v) is 6.03. The van der Waals surface area contributed by atoms with Gasteiger partial charge in [-0.25, -0.2) is 4.39 Å². The Labute approximate surface area is 117 Å². The van der Waals surface area contributed by atoms with Crippen molar-refractivity contribution in [1.82, 2.24) is 0 Å². The fourth-order valence-corrected chi connectivity index (χ4v) is 2.72. The lowest BCUT2D eigenvalue weighted by Crippen LogP contribution is -2.28. The molecule has 0 heterocycles. The first-order valence-corrected chi connectivity index (χ1v) is 7.24. The van der Waals surface area contributed by atoms with Crippen molar-refractivity contribution >= 4 is 15.9 Å². The van der Waals surface area contributed by atoms with Crippen LogP contribution in [0, 0.1) is 0 Å². The Balaban J connectivity index is 2.18. The standard InChI is InChI=1S/C16H18BrF/c1-2-3-6-13-8-10-14(11-9-13)16(17)12-5-4-7-15(16)18/h4-5,7-12,15H,2-3,6H2,1H3. The highest BCUT2D eigenvalue weighted by Crippen LogP contribution is 2.40. The van der Waals surface area contributed by atoms with Gasteiger partial charge >= 0.3 is 0 Å². The van der Waals surface area contributed by atoms with Gasteiger partial charge in [-0.15, -0.1) is 0 Å². The lowest BCUT2D eigenvalue weighted by molar-refractivity contribution is 0.352. The summed E-state index contributed by atoms with van der Waals surface area (Å²) in [4.78, 5) is 0. The Morgan fingerprint density at radius 1 is 1.22 bits per heavy atom. The largest absolute Gasteiger partial charge is 0.241 e. The number of hydrogen-bond donors (Lipinski definition) is 0. The van der Waals surface area contributed by atoms with Gasteiger partial charge in [0, 0.05) is 0 Å². The molecule has 0 aromatic heterocycles. The summed E-state index contributed by atoms with van der Waals surface area (Å²) in [7, 11) is 0. The normalized spacial score (nSPS) is 26.5. The molecule has 0 nitrogen and oxygen atoms in total. The number of unbranched alkanes of at least 4 members (excludes halogenated alkanes) is 1. The van der Waals surface area contributed by atoms with E-state index in [1.807, 2.05) is 24.3 Å². The van der Waals surface area contributed by atoms with Crippen molar-refractivity contribution < 1.29 is 4.39 Å². The summed E-state index contributed by atoms with van der Waals surface area (Å²) in [5.74, 6) is 0. The fraction of sp³-hybridized carbons (Fsp3) is 0.375. The van der Waals surface area contributed by atoms with Crippen LogP contribution >= 0.6 is 15.9 Å². The van der Waals surface area contributed by atoms with Gasteiger partial charge in [0.25, 0.3) is 0 Å². The van der Waals surface area contributed by atoms with Gasteiger partial charge in [-0.2, -0.15) is 0 Å². The van der Waals surface area contributed by atoms with Crippen molar-refractivity contribution in [3.8, 4) is 0 Å². The Morgan fingerprint density at radius 2 is 1.94 bits per heavy atom. The first-order valence-electron chi connectivity index (χ1n) is 6.45. The van der Waals surface area contributed by atoms with Crippen molar-refractivity contribution in [2.75, 3.05) is 0 Å². The number of halogens is 2. The molecule has 0 saturated heterocycles. The average Bonchev–Trinajstić information content (AvgIpc) is 2.40. The predicted octanol–water partition coefficient (Wildman–Crippen LogP) is 5.08. The maximum atomic E-state index is 14.0. The minimum absolute atomic E-state index is 0.703. The van der Waals surface area contributed by atoms with Crippen LogP contribution < -0.4 is 0 Å². The Morgan fingerprint density at radius 3 is 2.56 bits per heavy atom. The van der Waals surface area contributed by atoms with Crippen LogP contribution in [0.4, 0.5) is 4.39 Å². The van der Waals surface area contributed by atoms with Crippen LogP contribution in [0.2, 0.25) is 0 Å². The monoisotopic (exact) mass is 308 g/mol. The predicted molar refractivity (Wildman–Crippen MR) is 78.8 cm³/mol. The second-order valence-electron chi connectivity index (χ2n) is 4.71. The molecule has 2 unspecified atom stereocenters. The molecular formula is C16H18BrF. The zero-order valence-corrected chi connectivity index (χ0v) is 12.2. The SMILES string of the molecule is CCCCc1ccc(C2(Br)C=CC=CC2F)cc1. The van der Waals surface area contributed by atoms with Crippen molar-refractivity contribution in [3.05, 3.63) is 59.7 Å². The first kappa shape index (κ1) is 13.5. The van der Waals surface area contributed by atoms with Crippen LogP contribution in [0.25, 0.3) is 0 Å². The molecule has 96 valence electrons. The molecule has 0 bridgehead atoms. The van der Waals surface area contributed by atoms with Gasteiger partial charge in [0.05, 0.1) is 0 Å². The fourth-order valence-electron chi connectivity index (χ4n) is 2.15. The van der Waals surface area contributed by atoms with Gasteiger partial charge in [0.15, 0.2) is 0 Å². The quantitative estimate of drug-likeness (QED) is 0.680. The van der Waals surface area contributed by atoms with E-state index in [9.17, 15) is 4.39 Å². The third kappa shape index (κ3) is 2.74. The molecule has 1 aliphatic carbocycles. The van der Waals surface area contributed by atoms with E-state index in [-0.39, 0.29) is 0 Å². The molecular weight excluding hydrogens is 291 g/mol. The van der Waals surface area contributed by atoms with E-state index in [1.165, 1.54) is 18.4 Å². The van der Waals surface area contributed by atoms with Crippen LogP contribution in [0.15, 0.2) is 48.6 Å². The van der Waals surface area contributed by atoms with Crippen molar-refractivity contribution in [2.24, 2.45) is 0 Å². The molecule has 18 heavy (non-hydrogen) atoms. The van der Waals surface area contributed by atoms with Crippen LogP contribution in [-0.4, -0.2) is 6.17 Å². The molecule has 0 fully saturated rings. The number of rotatable bonds is 4. The first-order chi connectivity index (χ1) is 8.66. The van der Waals surface area contributed by atoms with E-state index < -0.39 is 10.5 Å². The lowest BCUT2D eigenvalue weighted by Gasteiger charge is -2.28. The highest BCUT2D eigenvalue weighted by Gasteiger charge is 2.35. The van der Waals surface area contributed by atoms with E-state index >= 15 is 0 Å². The molecule has 2 heteroatoms. The summed E-state index contributed by atoms with van der Waals surface area (Å²) < 4.78 is 13.3. The molecule has 1 aliphatic rings. The van der Waals surface area contributed by atoms with Crippen LogP contribution in [0.1, 0.15) is 30.9 Å². The van der Waals surface area contributed by atoms with Crippen molar-refractivity contribution in [3.63, 3.8) is 0 Å². The Bertz CT molecular complexity index is 447. The molecule has 0 radical (unpaired) electrons. The number of aryl methyl sites for hydroxylation is 1. The summed E-state index contributed by atoms with van der Waals surface area (Å²) in [5, 5.41) is 0. The van der Waals surface area contributed by atoms with E-state index in [2.05, 4.69) is 35.0 Å². The number of alkyl halides is 2. The van der Waals surface area contributed by atoms with Gasteiger partial charge in [-0.05, 0) is 30.0 Å². The maximum absolute atomic E-state index is 14.0. The number of benzene rings is 1. The number of allylic oxidation sites excluding steroid dienone is 4. The molecule has 1 aromatic carbocycles. The van der Waals surface area contributed by atoms with Crippen molar-refractivity contribution in [2.45, 2.75) is 36.7 Å². The van der Waals surface area contributed by atoms with Gasteiger partial charge < -0.3 is 0 Å². The third-order valence-electron chi connectivity index (χ3n) is 3.35. The molecule has 1 aromatic rings. The highest BCUT2D eigenvalue weighted by molar-refractivity contribution is 9.09. The van der Waals surface area contributed by atoms with E-state index in [1.54, 1.807) is 12.2 Å². The summed E-state index contributed by atoms with van der Waals surface area (Å²) in [6, 6.07) is 8.26. The van der Waals surface area contributed by atoms with E-state index in [0.717, 1.165) is 12.0 Å². The van der Waals surface area contributed by atoms with Gasteiger partial charge in [0.2, 0.25) is 0 Å². The maximum Gasteiger partial charge on any atom is 0.141 e. The molecule has 0 N–H and O–H groups in total. The van der Waals surface area contributed by atoms with Crippen LogP contribution in [0.3, 0.4) is 0 Å². The smallest absolute Gasteiger partial charge is 0.141 e. The minimum Gasteiger partial charge on any atom is -0.241 e. The topological polar surface area (TPSA) is 0 Å². The van der Waals surface area contributed by atoms with Gasteiger partial charge in [-0.3, -0.25) is 0 Å². The molecule has 0 saturated carbocycles. The lowest BCUT2D eigenvalue weighted by atomic mass is 9.90. The number of hydrogen-bond acceptors (Lipinski definition) is 0. The minimum atomic E-state index is -1.02. The molecule has 2 rings (SSSR count). The van der Waals surface area contributed by atoms with Crippen molar-refractivity contribution in [1.29, 1.82) is 0 Å². The van der Waals surface area contributed by atoms with E-state index in [4.69, 9.17) is 0 Å². The highest BCUT2D eigenvalue weighted by atomic mass is 79.9. The average molecular weight is 309 g/mol. The van der Waals surface area contributed by atoms with Crippen LogP contribution in [0.5, 0.6) is 0 Å². The van der Waals surface area contributed by atoms with E-state index in [0.29, 0.717) is 0 Å². The summed E-state index contributed by atoms with van der Waals surface area (Å²) >= 11 is 3.53. The zero-order valence-electron chi connectivity index (χ0n) is 10.6. The second kappa shape index (κ2) is 5.83. The molecule has 0 aliphatic heterocycles. The van der Waals surface area contributed by atoms with Crippen LogP contribution in [-0.2, 0) is 10.7 Å². The molecule has 2 atom stereocenters. The molecule has 0 spiro atoms. The summed E-state index contributed by atoms with van der Waals surface area (Å²) in [6.07, 6.45) is 9.57. The molecule has 0 amide bonds. The third-order valence-corrected chi connectivity index (χ3v) is 4.51.